The van der Waals surface area contributed by atoms with Gasteiger partial charge in [-0.15, -0.1) is 0 Å². The van der Waals surface area contributed by atoms with E-state index in [0.29, 0.717) is 156 Å². The summed E-state index contributed by atoms with van der Waals surface area (Å²) < 4.78 is 88.9. The van der Waals surface area contributed by atoms with Crippen LogP contribution < -0.4 is 0 Å². The molecule has 0 bridgehead atoms. The van der Waals surface area contributed by atoms with Crippen molar-refractivity contribution in [3.8, 4) is 0 Å². The van der Waals surface area contributed by atoms with E-state index in [4.69, 9.17) is 54.3 Å². The van der Waals surface area contributed by atoms with E-state index in [-0.39, 0.29) is 0 Å². The second-order valence-corrected chi connectivity index (χ2v) is 43.8. The third-order valence-corrected chi connectivity index (χ3v) is 60.3. The summed E-state index contributed by atoms with van der Waals surface area (Å²) >= 11 is 0. The first-order valence-electron chi connectivity index (χ1n) is 21.0. The zero-order valence-corrected chi connectivity index (χ0v) is 41.2. The van der Waals surface area contributed by atoms with Crippen molar-refractivity contribution >= 4 is 26.9 Å². The van der Waals surface area contributed by atoms with Gasteiger partial charge in [-0.3, -0.25) is 0 Å². The Kier molecular flexibility index (Phi) is 33.6. The van der Waals surface area contributed by atoms with E-state index >= 15 is 0 Å². The monoisotopic (exact) mass is 894 g/mol. The molecule has 12 nitrogen and oxygen atoms in total. The van der Waals surface area contributed by atoms with Gasteiger partial charge in [0.2, 0.25) is 0 Å². The normalized spacial score (nSPS) is 16.1. The maximum atomic E-state index is 7.41. The Bertz CT molecular complexity index is 634. The Hall–Kier alpha value is 1.73. The molecule has 0 aromatic rings. The number of hydrogen-bond acceptors (Lipinski definition) is 12. The quantitative estimate of drug-likeness (QED) is 0.0431. The molecular weight excluding hydrogens is 807 g/mol. The summed E-state index contributed by atoms with van der Waals surface area (Å²) in [7, 11) is -3.59. The molecule has 0 amide bonds. The van der Waals surface area contributed by atoms with Crippen LogP contribution in [0.15, 0.2) is 0 Å². The fraction of sp³-hybridized carbons (Fsp3) is 1.00. The van der Waals surface area contributed by atoms with Crippen molar-refractivity contribution in [2.24, 2.45) is 0 Å². The van der Waals surface area contributed by atoms with Crippen molar-refractivity contribution in [1.29, 1.82) is 0 Å². The van der Waals surface area contributed by atoms with Crippen LogP contribution >= 0.6 is 26.9 Å². The summed E-state index contributed by atoms with van der Waals surface area (Å²) in [5.41, 5.74) is 0. The van der Waals surface area contributed by atoms with Gasteiger partial charge in [-0.25, -0.2) is 0 Å². The predicted molar refractivity (Wildman–Crippen MR) is 228 cm³/mol. The zero-order chi connectivity index (χ0) is 40.0. The summed E-state index contributed by atoms with van der Waals surface area (Å²) in [4.78, 5) is 0. The first kappa shape index (κ1) is 54.7. The van der Waals surface area contributed by atoms with Gasteiger partial charge in [0.15, 0.2) is 0 Å². The van der Waals surface area contributed by atoms with Gasteiger partial charge in [0, 0.05) is 0 Å². The Morgan fingerprint density at radius 1 is 0.208 bits per heavy atom. The molecule has 0 heterocycles. The average Bonchev–Trinajstić information content (AvgIpc) is 3.18. The molecule has 0 aromatic heterocycles. The molecule has 0 aromatic carbocycles. The first-order chi connectivity index (χ1) is 25.7. The molecule has 17 heteroatoms. The second kappa shape index (κ2) is 32.6. The van der Waals surface area contributed by atoms with Gasteiger partial charge in [0.05, 0.1) is 0 Å². The van der Waals surface area contributed by atoms with Crippen molar-refractivity contribution in [3.05, 3.63) is 0 Å². The van der Waals surface area contributed by atoms with Gasteiger partial charge < -0.3 is 0 Å². The Morgan fingerprint density at radius 3 is 0.377 bits per heavy atom. The standard InChI is InChI=1S/4C9H22O3P.Ni/c4*1-4-7-10-13(11-8-5-2)12-9-6-3;/h4*13H,4-9H2,1-3H3;/q4*+1;-4. The fourth-order valence-corrected chi connectivity index (χ4v) is 69.9. The molecule has 334 valence electrons. The third-order valence-electron chi connectivity index (χ3n) is 6.80. The van der Waals surface area contributed by atoms with Gasteiger partial charge in [-0.1, -0.05) is 0 Å². The molecule has 0 unspecified atom stereocenters. The maximum absolute atomic E-state index is 7.41. The van der Waals surface area contributed by atoms with E-state index in [1.165, 1.54) is 0 Å². The number of rotatable bonds is 40. The Labute approximate surface area is 330 Å². The van der Waals surface area contributed by atoms with Crippen LogP contribution in [0.2, 0.25) is 0 Å². The summed E-state index contributed by atoms with van der Waals surface area (Å²) in [6.45, 7) is 11.9. The molecule has 0 N–H and O–H groups in total. The van der Waals surface area contributed by atoms with Crippen LogP contribution in [0.25, 0.3) is 0 Å². The van der Waals surface area contributed by atoms with Gasteiger partial charge in [0.1, 0.15) is 0 Å². The van der Waals surface area contributed by atoms with Crippen molar-refractivity contribution in [3.63, 3.8) is 0 Å². The van der Waals surface area contributed by atoms with Crippen molar-refractivity contribution in [1.82, 2.24) is 0 Å². The SMILES string of the molecule is CCCO[PH](OCCC)(OCCC)[Ni]([PH](OCCC)(OCCC)OCCC)([PH](OCCC)(OCCC)OCCC)[PH](OCCC)(OCCC)OCCC. The van der Waals surface area contributed by atoms with Crippen LogP contribution in [0.3, 0.4) is 0 Å². The van der Waals surface area contributed by atoms with E-state index in [2.05, 4.69) is 83.1 Å². The summed E-state index contributed by atoms with van der Waals surface area (Å²) in [5, 5.41) is 0. The third kappa shape index (κ3) is 15.1. The van der Waals surface area contributed by atoms with Crippen LogP contribution in [-0.2, 0) is 64.9 Å². The van der Waals surface area contributed by atoms with Gasteiger partial charge in [-0.05, 0) is 0 Å². The molecule has 0 spiro atoms. The summed E-state index contributed by atoms with van der Waals surface area (Å²) in [5.74, 6) is 0. The molecular formula is C36H88NiO12P4. The molecule has 0 fully saturated rings. The molecule has 0 saturated heterocycles. The van der Waals surface area contributed by atoms with E-state index in [1.807, 2.05) is 0 Å². The molecule has 0 aliphatic rings. The zero-order valence-electron chi connectivity index (χ0n) is 36.2. The van der Waals surface area contributed by atoms with Crippen LogP contribution in [0.4, 0.5) is 0 Å². The predicted octanol–water partition coefficient (Wildman–Crippen LogP) is 12.9. The van der Waals surface area contributed by atoms with E-state index < -0.39 is 37.5 Å². The molecule has 0 aliphatic heterocycles. The summed E-state index contributed by atoms with van der Waals surface area (Å²) in [6, 6.07) is 0. The van der Waals surface area contributed by atoms with Crippen LogP contribution in [0.5, 0.6) is 0 Å². The van der Waals surface area contributed by atoms with Gasteiger partial charge >= 0.3 is 331 Å². The van der Waals surface area contributed by atoms with Crippen LogP contribution in [0, 0.1) is 0 Å². The van der Waals surface area contributed by atoms with E-state index in [0.717, 1.165) is 0 Å². The number of hydrogen-bond donors (Lipinski definition) is 0. The average molecular weight is 896 g/mol. The molecule has 0 atom stereocenters. The van der Waals surface area contributed by atoms with Gasteiger partial charge in [-0.2, -0.15) is 0 Å². The molecule has 53 heavy (non-hydrogen) atoms. The van der Waals surface area contributed by atoms with Gasteiger partial charge in [0.25, 0.3) is 0 Å². The topological polar surface area (TPSA) is 111 Å². The minimum absolute atomic E-state index is 0.344. The molecule has 0 saturated carbocycles. The molecule has 0 rings (SSSR count). The molecule has 0 aliphatic carbocycles. The molecule has 0 radical (unpaired) electrons. The second-order valence-electron chi connectivity index (χ2n) is 12.4. The van der Waals surface area contributed by atoms with Crippen LogP contribution in [0.1, 0.15) is 160 Å². The van der Waals surface area contributed by atoms with Crippen molar-refractivity contribution in [2.75, 3.05) is 79.3 Å². The van der Waals surface area contributed by atoms with Crippen molar-refractivity contribution < 1.29 is 64.9 Å². The first-order valence-corrected chi connectivity index (χ1v) is 33.1. The van der Waals surface area contributed by atoms with Crippen LogP contribution in [-0.4, -0.2) is 79.3 Å². The van der Waals surface area contributed by atoms with E-state index in [9.17, 15) is 0 Å². The fourth-order valence-electron chi connectivity index (χ4n) is 4.65. The summed E-state index contributed by atoms with van der Waals surface area (Å²) in [6.07, 6.45) is 8.49. The van der Waals surface area contributed by atoms with Crippen molar-refractivity contribution in [2.45, 2.75) is 160 Å². The Morgan fingerprint density at radius 2 is 0.302 bits per heavy atom. The minimum atomic E-state index is -4.34. The Balaban J connectivity index is 9.99. The van der Waals surface area contributed by atoms with E-state index in [1.54, 1.807) is 0 Å².